The maximum atomic E-state index is 12.7. The number of esters is 1. The van der Waals surface area contributed by atoms with E-state index in [9.17, 15) is 29.8 Å². The molecule has 4 rings (SSSR count). The molecule has 0 saturated carbocycles. The van der Waals surface area contributed by atoms with E-state index in [4.69, 9.17) is 31.2 Å². The number of non-ortho nitro benzene ring substituents is 1. The molecule has 1 aliphatic heterocycles. The number of nitrogens with zero attached hydrogens (tertiary/aromatic N) is 3. The van der Waals surface area contributed by atoms with Gasteiger partial charge in [0.1, 0.15) is 5.75 Å². The van der Waals surface area contributed by atoms with E-state index in [0.717, 1.165) is 18.2 Å². The Bertz CT molecular complexity index is 1790. The molecule has 1 aliphatic rings. The van der Waals surface area contributed by atoms with E-state index < -0.39 is 45.7 Å². The zero-order chi connectivity index (χ0) is 34.1. The van der Waals surface area contributed by atoms with Crippen molar-refractivity contribution in [1.29, 1.82) is 0 Å². The van der Waals surface area contributed by atoms with Gasteiger partial charge in [-0.25, -0.2) is 10.2 Å². The number of carbonyl (C=O) groups excluding carboxylic acids is 2. The highest BCUT2D eigenvalue weighted by Crippen LogP contribution is 2.38. The monoisotopic (exact) mass is 664 g/mol. The highest BCUT2D eigenvalue weighted by Gasteiger charge is 2.32. The molecular formula is C30H28N6O10S. The Labute approximate surface area is 272 Å². The van der Waals surface area contributed by atoms with Gasteiger partial charge in [0.05, 0.1) is 47.5 Å². The Kier molecular flexibility index (Phi) is 11.0. The Morgan fingerprint density at radius 1 is 1.02 bits per heavy atom. The fourth-order valence-corrected chi connectivity index (χ4v) is 4.70. The number of hydrazone groups is 1. The largest absolute Gasteiger partial charge is 0.493 e. The first-order valence-electron chi connectivity index (χ1n) is 13.8. The fraction of sp³-hybridized carbons (Fsp3) is 0.200. The van der Waals surface area contributed by atoms with Crippen molar-refractivity contribution in [3.05, 3.63) is 103 Å². The van der Waals surface area contributed by atoms with Crippen molar-refractivity contribution in [2.75, 3.05) is 20.3 Å². The number of nitro groups is 2. The molecule has 1 atom stereocenters. The molecule has 1 heterocycles. The van der Waals surface area contributed by atoms with Crippen LogP contribution in [0.15, 0.2) is 77.0 Å². The number of allylic oxidation sites excluding steroid dienone is 1. The van der Waals surface area contributed by atoms with Crippen LogP contribution in [-0.2, 0) is 14.3 Å². The van der Waals surface area contributed by atoms with Crippen LogP contribution in [0.2, 0.25) is 0 Å². The molecule has 244 valence electrons. The summed E-state index contributed by atoms with van der Waals surface area (Å²) in [7, 11) is 1.35. The average molecular weight is 665 g/mol. The summed E-state index contributed by atoms with van der Waals surface area (Å²) in [4.78, 5) is 46.2. The van der Waals surface area contributed by atoms with E-state index in [0.29, 0.717) is 33.3 Å². The predicted molar refractivity (Wildman–Crippen MR) is 171 cm³/mol. The van der Waals surface area contributed by atoms with Gasteiger partial charge < -0.3 is 29.6 Å². The smallest absolute Gasteiger partial charge is 0.338 e. The van der Waals surface area contributed by atoms with Gasteiger partial charge in [0.15, 0.2) is 23.2 Å². The van der Waals surface area contributed by atoms with Crippen LogP contribution in [-0.4, -0.2) is 53.4 Å². The quantitative estimate of drug-likeness (QED) is 0.0771. The molecule has 1 amide bonds. The summed E-state index contributed by atoms with van der Waals surface area (Å²) in [5.74, 6) is -0.737. The SMILES string of the molecule is CCOC(=O)C1=C(C)NC(=S)N[C@@H]1c1ccccc1OCC(=O)NN=Cc1ccc(Oc2ccc([N+](=O)[O-])cc2[N+](=O)[O-])c(OC)c1. The minimum atomic E-state index is -0.792. The second-order valence-corrected chi connectivity index (χ2v) is 10.00. The third kappa shape index (κ3) is 8.34. The molecule has 3 aromatic rings. The Balaban J connectivity index is 1.42. The number of benzene rings is 3. The number of carbonyl (C=O) groups is 2. The van der Waals surface area contributed by atoms with Crippen LogP contribution < -0.4 is 30.3 Å². The van der Waals surface area contributed by atoms with Gasteiger partial charge in [0, 0.05) is 17.3 Å². The van der Waals surface area contributed by atoms with Crippen LogP contribution in [0.4, 0.5) is 11.4 Å². The predicted octanol–water partition coefficient (Wildman–Crippen LogP) is 4.19. The van der Waals surface area contributed by atoms with Crippen LogP contribution in [0, 0.1) is 20.2 Å². The van der Waals surface area contributed by atoms with Crippen molar-refractivity contribution in [3.63, 3.8) is 0 Å². The third-order valence-electron chi connectivity index (χ3n) is 6.51. The van der Waals surface area contributed by atoms with E-state index in [1.807, 2.05) is 0 Å². The second kappa shape index (κ2) is 15.3. The van der Waals surface area contributed by atoms with Crippen molar-refractivity contribution in [3.8, 4) is 23.0 Å². The number of hydrogen-bond acceptors (Lipinski definition) is 12. The number of nitro benzene ring substituents is 2. The Morgan fingerprint density at radius 3 is 2.47 bits per heavy atom. The first-order valence-corrected chi connectivity index (χ1v) is 14.2. The standard InChI is InChI=1S/C30H28N6O10S/c1-4-44-29(38)27-17(2)32-30(47)33-28(27)20-7-5-6-8-22(20)45-16-26(37)34-31-15-18-9-11-24(25(13-18)43-3)46-23-12-10-19(35(39)40)14-21(23)36(41)42/h5-15,28H,4,16H2,1-3H3,(H,34,37)(H2,32,33,47)/t28-/m1/s1. The number of para-hydroxylation sites is 1. The lowest BCUT2D eigenvalue weighted by Gasteiger charge is -2.30. The lowest BCUT2D eigenvalue weighted by atomic mass is 9.95. The fourth-order valence-electron chi connectivity index (χ4n) is 4.43. The summed E-state index contributed by atoms with van der Waals surface area (Å²) in [6, 6.07) is 13.7. The van der Waals surface area contributed by atoms with Gasteiger partial charge in [-0.05, 0) is 62.0 Å². The van der Waals surface area contributed by atoms with E-state index >= 15 is 0 Å². The first-order chi connectivity index (χ1) is 22.5. The minimum Gasteiger partial charge on any atom is -0.493 e. The molecule has 0 aliphatic carbocycles. The third-order valence-corrected chi connectivity index (χ3v) is 6.73. The molecule has 0 spiro atoms. The minimum absolute atomic E-state index is 0.0952. The summed E-state index contributed by atoms with van der Waals surface area (Å²) < 4.78 is 22.0. The first kappa shape index (κ1) is 33.8. The molecular weight excluding hydrogens is 636 g/mol. The van der Waals surface area contributed by atoms with Gasteiger partial charge in [-0.3, -0.25) is 25.0 Å². The average Bonchev–Trinajstić information content (AvgIpc) is 3.04. The van der Waals surface area contributed by atoms with E-state index in [2.05, 4.69) is 21.2 Å². The number of amides is 1. The van der Waals surface area contributed by atoms with Crippen molar-refractivity contribution in [1.82, 2.24) is 16.1 Å². The Hall–Kier alpha value is -6.10. The Morgan fingerprint density at radius 2 is 1.77 bits per heavy atom. The van der Waals surface area contributed by atoms with Gasteiger partial charge in [0.25, 0.3) is 11.6 Å². The number of nitrogens with one attached hydrogen (secondary N) is 3. The number of methoxy groups -OCH3 is 1. The van der Waals surface area contributed by atoms with E-state index in [1.54, 1.807) is 44.2 Å². The molecule has 47 heavy (non-hydrogen) atoms. The van der Waals surface area contributed by atoms with Crippen LogP contribution in [0.25, 0.3) is 0 Å². The summed E-state index contributed by atoms with van der Waals surface area (Å²) in [5.41, 5.74) is 3.19. The highest BCUT2D eigenvalue weighted by molar-refractivity contribution is 7.80. The van der Waals surface area contributed by atoms with Gasteiger partial charge in [0.2, 0.25) is 5.75 Å². The summed E-state index contributed by atoms with van der Waals surface area (Å²) in [6.45, 7) is 3.19. The zero-order valence-corrected chi connectivity index (χ0v) is 26.0. The summed E-state index contributed by atoms with van der Waals surface area (Å²) in [5, 5.41) is 32.7. The topological polar surface area (TPSA) is 206 Å². The van der Waals surface area contributed by atoms with Gasteiger partial charge >= 0.3 is 11.7 Å². The van der Waals surface area contributed by atoms with Gasteiger partial charge in [-0.1, -0.05) is 18.2 Å². The molecule has 0 unspecified atom stereocenters. The number of rotatable bonds is 13. The molecule has 0 aromatic heterocycles. The summed E-state index contributed by atoms with van der Waals surface area (Å²) in [6.07, 6.45) is 1.32. The van der Waals surface area contributed by atoms with Crippen LogP contribution in [0.3, 0.4) is 0 Å². The maximum absolute atomic E-state index is 12.7. The molecule has 0 bridgehead atoms. The molecule has 0 saturated heterocycles. The normalized spacial score (nSPS) is 14.1. The van der Waals surface area contributed by atoms with Crippen molar-refractivity contribution in [2.24, 2.45) is 5.10 Å². The lowest BCUT2D eigenvalue weighted by Crippen LogP contribution is -2.45. The molecule has 3 N–H and O–H groups in total. The highest BCUT2D eigenvalue weighted by atomic mass is 32.1. The van der Waals surface area contributed by atoms with Crippen molar-refractivity contribution < 1.29 is 38.4 Å². The van der Waals surface area contributed by atoms with Gasteiger partial charge in [-0.2, -0.15) is 5.10 Å². The molecule has 3 aromatic carbocycles. The number of hydrogen-bond donors (Lipinski definition) is 3. The molecule has 0 fully saturated rings. The van der Waals surface area contributed by atoms with Crippen LogP contribution in [0.1, 0.15) is 31.0 Å². The summed E-state index contributed by atoms with van der Waals surface area (Å²) >= 11 is 5.29. The van der Waals surface area contributed by atoms with Crippen LogP contribution in [0.5, 0.6) is 23.0 Å². The molecule has 16 nitrogen and oxygen atoms in total. The van der Waals surface area contributed by atoms with Gasteiger partial charge in [-0.15, -0.1) is 0 Å². The lowest BCUT2D eigenvalue weighted by molar-refractivity contribution is -0.394. The second-order valence-electron chi connectivity index (χ2n) is 9.59. The van der Waals surface area contributed by atoms with E-state index in [-0.39, 0.29) is 23.9 Å². The zero-order valence-electron chi connectivity index (χ0n) is 25.2. The van der Waals surface area contributed by atoms with Crippen LogP contribution >= 0.6 is 12.2 Å². The maximum Gasteiger partial charge on any atom is 0.338 e. The number of thiocarbonyl (C=S) groups is 1. The van der Waals surface area contributed by atoms with Crippen molar-refractivity contribution >= 4 is 46.8 Å². The number of ether oxygens (including phenoxy) is 4. The molecule has 17 heteroatoms. The van der Waals surface area contributed by atoms with Crippen molar-refractivity contribution in [2.45, 2.75) is 19.9 Å². The van der Waals surface area contributed by atoms with E-state index in [1.165, 1.54) is 25.5 Å². The molecule has 0 radical (unpaired) electrons.